The van der Waals surface area contributed by atoms with E-state index in [0.29, 0.717) is 5.37 Å². The Labute approximate surface area is 262 Å². The van der Waals surface area contributed by atoms with Gasteiger partial charge in [-0.3, -0.25) is 4.90 Å². The van der Waals surface area contributed by atoms with Gasteiger partial charge in [-0.05, 0) is 90.8 Å². The van der Waals surface area contributed by atoms with Crippen molar-refractivity contribution in [2.45, 2.75) is 54.2 Å². The zero-order chi connectivity index (χ0) is 28.7. The molecule has 212 valence electrons. The fourth-order valence-electron chi connectivity index (χ4n) is 6.75. The quantitative estimate of drug-likeness (QED) is 0.234. The molecule has 2 aliphatic heterocycles. The maximum absolute atomic E-state index is 2.58. The average molecular weight is 606 g/mol. The molecule has 5 heteroatoms. The molecule has 0 spiro atoms. The highest BCUT2D eigenvalue weighted by molar-refractivity contribution is 8.03. The van der Waals surface area contributed by atoms with Crippen molar-refractivity contribution >= 4 is 46.2 Å². The Hall–Kier alpha value is -2.96. The van der Waals surface area contributed by atoms with Crippen LogP contribution in [-0.2, 0) is 5.41 Å². The minimum atomic E-state index is 0.0518. The third-order valence-electron chi connectivity index (χ3n) is 8.77. The van der Waals surface area contributed by atoms with Crippen molar-refractivity contribution < 1.29 is 4.90 Å². The van der Waals surface area contributed by atoms with Gasteiger partial charge in [-0.1, -0.05) is 91.1 Å². The van der Waals surface area contributed by atoms with Crippen molar-refractivity contribution in [2.75, 3.05) is 18.0 Å². The van der Waals surface area contributed by atoms with Crippen molar-refractivity contribution in [3.8, 4) is 10.4 Å². The van der Waals surface area contributed by atoms with Crippen molar-refractivity contribution in [1.82, 2.24) is 0 Å². The molecule has 1 aliphatic carbocycles. The summed E-state index contributed by atoms with van der Waals surface area (Å²) in [4.78, 5) is 8.14. The number of thiophene rings is 1. The lowest BCUT2D eigenvalue weighted by Gasteiger charge is -2.36. The van der Waals surface area contributed by atoms with Crippen LogP contribution in [0.1, 0.15) is 39.2 Å². The molecule has 7 rings (SSSR count). The smallest absolute Gasteiger partial charge is 0.163 e. The number of hydrogen-bond acceptors (Lipinski definition) is 4. The van der Waals surface area contributed by atoms with Gasteiger partial charge < -0.3 is 4.90 Å². The number of fused-ring (bicyclic) bond motifs is 2. The minimum Gasteiger partial charge on any atom is -0.335 e. The standard InChI is InChI=1S/C37H36N2S3/c1-4-38-30-14-9-10-15-33(30)41-35(38)21-26-20-27(25-37(3,24-26)29-12-7-6-8-13-29)22-36-39(5-2)31-23-28(17-18-34(31)42-36)32-16-11-19-40-32/h6-23,36H,4-5,24-25H2,1-3H3/p+1/b27-22-,35-21-. The Morgan fingerprint density at radius 2 is 1.76 bits per heavy atom. The second-order valence-corrected chi connectivity index (χ2v) is 14.8. The van der Waals surface area contributed by atoms with Gasteiger partial charge in [0.15, 0.2) is 5.37 Å². The number of allylic oxidation sites excluding steroid dienone is 4. The summed E-state index contributed by atoms with van der Waals surface area (Å²) in [5.41, 5.74) is 8.47. The first-order valence-corrected chi connectivity index (χ1v) is 17.6. The second-order valence-electron chi connectivity index (χ2n) is 11.6. The number of nitrogens with zero attached hydrogens (tertiary/aromatic N) is 1. The van der Waals surface area contributed by atoms with E-state index < -0.39 is 0 Å². The summed E-state index contributed by atoms with van der Waals surface area (Å²) < 4.78 is 0. The van der Waals surface area contributed by atoms with Crippen LogP contribution >= 0.6 is 34.9 Å². The first kappa shape index (κ1) is 27.8. The van der Waals surface area contributed by atoms with Crippen LogP contribution in [0, 0.1) is 0 Å². The number of hydrogen-bond donors (Lipinski definition) is 1. The van der Waals surface area contributed by atoms with E-state index in [1.54, 1.807) is 4.90 Å². The van der Waals surface area contributed by atoms with Gasteiger partial charge in [0, 0.05) is 27.8 Å². The van der Waals surface area contributed by atoms with E-state index in [0.717, 1.165) is 25.9 Å². The van der Waals surface area contributed by atoms with Gasteiger partial charge >= 0.3 is 0 Å². The second kappa shape index (κ2) is 11.6. The highest BCUT2D eigenvalue weighted by Crippen LogP contribution is 2.48. The van der Waals surface area contributed by atoms with Crippen molar-refractivity contribution in [1.29, 1.82) is 0 Å². The molecule has 3 heterocycles. The lowest BCUT2D eigenvalue weighted by atomic mass is 9.69. The van der Waals surface area contributed by atoms with E-state index in [4.69, 9.17) is 0 Å². The predicted molar refractivity (Wildman–Crippen MR) is 183 cm³/mol. The number of anilines is 1. The van der Waals surface area contributed by atoms with Gasteiger partial charge in [-0.15, -0.1) is 11.3 Å². The van der Waals surface area contributed by atoms with E-state index >= 15 is 0 Å². The Kier molecular flexibility index (Phi) is 7.70. The Balaban J connectivity index is 1.25. The average Bonchev–Trinajstić information content (AvgIpc) is 3.74. The highest BCUT2D eigenvalue weighted by atomic mass is 32.2. The molecule has 42 heavy (non-hydrogen) atoms. The van der Waals surface area contributed by atoms with E-state index in [9.17, 15) is 0 Å². The van der Waals surface area contributed by atoms with Crippen LogP contribution in [-0.4, -0.2) is 18.5 Å². The summed E-state index contributed by atoms with van der Waals surface area (Å²) in [5, 5.41) is 3.88. The molecule has 3 aromatic carbocycles. The van der Waals surface area contributed by atoms with E-state index in [1.165, 1.54) is 53.3 Å². The van der Waals surface area contributed by atoms with Gasteiger partial charge in [-0.2, -0.15) is 0 Å². The summed E-state index contributed by atoms with van der Waals surface area (Å²) in [6, 6.07) is 31.4. The summed E-state index contributed by atoms with van der Waals surface area (Å²) in [6.45, 7) is 9.08. The van der Waals surface area contributed by atoms with Gasteiger partial charge in [0.2, 0.25) is 0 Å². The molecule has 0 saturated carbocycles. The number of para-hydroxylation sites is 1. The lowest BCUT2D eigenvalue weighted by molar-refractivity contribution is -0.833. The Bertz CT molecular complexity index is 1690. The zero-order valence-electron chi connectivity index (χ0n) is 24.5. The van der Waals surface area contributed by atoms with Crippen LogP contribution < -0.4 is 9.80 Å². The topological polar surface area (TPSA) is 7.68 Å². The number of nitrogens with one attached hydrogen (secondary N) is 1. The molecule has 3 unspecified atom stereocenters. The summed E-state index contributed by atoms with van der Waals surface area (Å²) >= 11 is 5.76. The molecule has 1 N–H and O–H groups in total. The number of quaternary nitrogens is 1. The van der Waals surface area contributed by atoms with Gasteiger partial charge in [-0.25, -0.2) is 0 Å². The summed E-state index contributed by atoms with van der Waals surface area (Å²) in [6.07, 6.45) is 9.65. The number of likely N-dealkylation sites (N-methyl/N-ethyl adjacent to an activating group) is 1. The van der Waals surface area contributed by atoms with Crippen LogP contribution in [0.15, 0.2) is 135 Å². The molecule has 0 saturated heterocycles. The lowest BCUT2D eigenvalue weighted by Crippen LogP contribution is -3.08. The van der Waals surface area contributed by atoms with Crippen LogP contribution in [0.4, 0.5) is 11.4 Å². The predicted octanol–water partition coefficient (Wildman–Crippen LogP) is 9.46. The Morgan fingerprint density at radius 3 is 2.55 bits per heavy atom. The van der Waals surface area contributed by atoms with Crippen LogP contribution in [0.5, 0.6) is 0 Å². The number of rotatable bonds is 6. The molecule has 0 radical (unpaired) electrons. The van der Waals surface area contributed by atoms with Crippen molar-refractivity contribution in [3.63, 3.8) is 0 Å². The molecular weight excluding hydrogens is 569 g/mol. The first-order valence-electron chi connectivity index (χ1n) is 15.0. The molecule has 0 bridgehead atoms. The van der Waals surface area contributed by atoms with E-state index in [-0.39, 0.29) is 5.41 Å². The van der Waals surface area contributed by atoms with Gasteiger partial charge in [0.05, 0.1) is 22.2 Å². The molecule has 3 atom stereocenters. The van der Waals surface area contributed by atoms with Gasteiger partial charge in [0.25, 0.3) is 0 Å². The fraction of sp³-hybridized carbons (Fsp3) is 0.243. The largest absolute Gasteiger partial charge is 0.335 e. The molecular formula is C37H37N2S3+. The first-order chi connectivity index (χ1) is 20.5. The zero-order valence-corrected chi connectivity index (χ0v) is 26.9. The van der Waals surface area contributed by atoms with E-state index in [1.807, 2.05) is 34.9 Å². The third-order valence-corrected chi connectivity index (χ3v) is 12.1. The van der Waals surface area contributed by atoms with Crippen molar-refractivity contribution in [3.05, 3.63) is 130 Å². The summed E-state index contributed by atoms with van der Waals surface area (Å²) in [7, 11) is 0. The molecule has 3 aliphatic rings. The number of thioether (sulfide) groups is 2. The fourth-order valence-corrected chi connectivity index (χ4v) is 10.1. The van der Waals surface area contributed by atoms with Crippen LogP contribution in [0.2, 0.25) is 0 Å². The van der Waals surface area contributed by atoms with Crippen LogP contribution in [0.25, 0.3) is 10.4 Å². The monoisotopic (exact) mass is 605 g/mol. The van der Waals surface area contributed by atoms with Crippen molar-refractivity contribution in [2.24, 2.45) is 0 Å². The van der Waals surface area contributed by atoms with Crippen LogP contribution in [0.3, 0.4) is 0 Å². The SMILES string of the molecule is CCN1/C(=C/C2=CC(=C/C3Sc4ccc(-c5cccs5)cc4[NH+]3CC)/CC(C)(c3ccccc3)C2)Sc2ccccc21. The minimum absolute atomic E-state index is 0.0518. The van der Waals surface area contributed by atoms with Gasteiger partial charge in [0.1, 0.15) is 5.69 Å². The Morgan fingerprint density at radius 1 is 0.929 bits per heavy atom. The maximum atomic E-state index is 2.58. The highest BCUT2D eigenvalue weighted by Gasteiger charge is 2.37. The molecule has 1 aromatic heterocycles. The summed E-state index contributed by atoms with van der Waals surface area (Å²) in [5.74, 6) is 0. The maximum Gasteiger partial charge on any atom is 0.163 e. The number of benzene rings is 3. The molecule has 0 amide bonds. The van der Waals surface area contributed by atoms with E-state index in [2.05, 4.69) is 134 Å². The molecule has 4 aromatic rings. The normalized spacial score (nSPS) is 25.1. The third kappa shape index (κ3) is 5.22. The molecule has 0 fully saturated rings. The molecule has 2 nitrogen and oxygen atoms in total.